The molecule has 0 atom stereocenters. The molecule has 0 aliphatic heterocycles. The largest absolute Gasteiger partial charge is 0.322 e. The summed E-state index contributed by atoms with van der Waals surface area (Å²) in [5, 5.41) is 13.5. The van der Waals surface area contributed by atoms with Gasteiger partial charge in [-0.3, -0.25) is 10.1 Å². The molecule has 7 nitrogen and oxygen atoms in total. The Morgan fingerprint density at radius 3 is 2.54 bits per heavy atom. The number of hydrogen-bond donors (Lipinski definition) is 1. The second kappa shape index (κ2) is 8.91. The second-order valence-corrected chi connectivity index (χ2v) is 6.05. The van der Waals surface area contributed by atoms with E-state index in [1.807, 2.05) is 19.0 Å². The molecule has 0 aromatic heterocycles. The number of amides is 2. The molecule has 0 spiro atoms. The maximum absolute atomic E-state index is 13.9. The van der Waals surface area contributed by atoms with Gasteiger partial charge in [0, 0.05) is 36.5 Å². The summed E-state index contributed by atoms with van der Waals surface area (Å²) in [5.74, 6) is -0.384. The van der Waals surface area contributed by atoms with Gasteiger partial charge in [-0.25, -0.2) is 9.18 Å². The van der Waals surface area contributed by atoms with E-state index in [1.165, 1.54) is 29.2 Å². The highest BCUT2D eigenvalue weighted by Gasteiger charge is 2.17. The minimum absolute atomic E-state index is 0.0985. The van der Waals surface area contributed by atoms with Gasteiger partial charge < -0.3 is 15.1 Å². The summed E-state index contributed by atoms with van der Waals surface area (Å²) in [7, 11) is 3.75. The van der Waals surface area contributed by atoms with E-state index in [2.05, 4.69) is 5.32 Å². The first kappa shape index (κ1) is 19.3. The van der Waals surface area contributed by atoms with Crippen LogP contribution in [0.1, 0.15) is 5.56 Å². The van der Waals surface area contributed by atoms with Crippen molar-refractivity contribution in [3.63, 3.8) is 0 Å². The van der Waals surface area contributed by atoms with Crippen molar-refractivity contribution in [3.05, 3.63) is 70.0 Å². The number of halogens is 1. The van der Waals surface area contributed by atoms with Crippen LogP contribution in [0.25, 0.3) is 0 Å². The van der Waals surface area contributed by atoms with E-state index in [1.54, 1.807) is 24.3 Å². The van der Waals surface area contributed by atoms with Crippen LogP contribution in [0.3, 0.4) is 0 Å². The van der Waals surface area contributed by atoms with Gasteiger partial charge in [0.25, 0.3) is 5.69 Å². The number of non-ortho nitro benzene ring substituents is 1. The lowest BCUT2D eigenvalue weighted by atomic mass is 10.2. The van der Waals surface area contributed by atoms with Gasteiger partial charge >= 0.3 is 6.03 Å². The topological polar surface area (TPSA) is 78.7 Å². The molecular weight excluding hydrogens is 339 g/mol. The number of urea groups is 1. The predicted molar refractivity (Wildman–Crippen MR) is 97.5 cm³/mol. The number of carbonyl (C=O) groups excluding carboxylic acids is 1. The second-order valence-electron chi connectivity index (χ2n) is 6.05. The van der Waals surface area contributed by atoms with Crippen LogP contribution in [0.4, 0.5) is 20.6 Å². The molecule has 138 valence electrons. The van der Waals surface area contributed by atoms with Crippen molar-refractivity contribution in [2.75, 3.05) is 32.5 Å². The van der Waals surface area contributed by atoms with Crippen molar-refractivity contribution >= 4 is 17.4 Å². The Balaban J connectivity index is 2.15. The first-order valence-corrected chi connectivity index (χ1v) is 8.05. The third kappa shape index (κ3) is 5.52. The summed E-state index contributed by atoms with van der Waals surface area (Å²) in [4.78, 5) is 26.3. The van der Waals surface area contributed by atoms with Crippen LogP contribution in [-0.4, -0.2) is 47.9 Å². The quantitative estimate of drug-likeness (QED) is 0.607. The molecule has 8 heteroatoms. The number of carbonyl (C=O) groups is 1. The number of anilines is 1. The average molecular weight is 360 g/mol. The highest BCUT2D eigenvalue weighted by atomic mass is 19.1. The molecule has 2 aromatic rings. The first-order valence-electron chi connectivity index (χ1n) is 8.05. The monoisotopic (exact) mass is 360 g/mol. The lowest BCUT2D eigenvalue weighted by Gasteiger charge is -2.25. The molecule has 26 heavy (non-hydrogen) atoms. The minimum Gasteiger partial charge on any atom is -0.319 e. The summed E-state index contributed by atoms with van der Waals surface area (Å²) >= 11 is 0. The Hall–Kier alpha value is -3.00. The van der Waals surface area contributed by atoms with Gasteiger partial charge in [0.2, 0.25) is 0 Å². The van der Waals surface area contributed by atoms with Gasteiger partial charge in [0.05, 0.1) is 11.5 Å². The van der Waals surface area contributed by atoms with Crippen LogP contribution in [0, 0.1) is 15.9 Å². The number of benzene rings is 2. The Morgan fingerprint density at radius 1 is 1.15 bits per heavy atom. The fourth-order valence-electron chi connectivity index (χ4n) is 2.31. The lowest BCUT2D eigenvalue weighted by molar-refractivity contribution is -0.384. The van der Waals surface area contributed by atoms with Crippen LogP contribution in [0.5, 0.6) is 0 Å². The van der Waals surface area contributed by atoms with Gasteiger partial charge in [0.15, 0.2) is 0 Å². The molecule has 0 bridgehead atoms. The minimum atomic E-state index is -0.529. The standard InChI is InChI=1S/C18H21FN4O3/c1-21(2)10-11-22(13-14-6-3-4-9-17(14)19)18(24)20-15-7-5-8-16(12-15)23(25)26/h3-9,12H,10-11,13H2,1-2H3,(H,20,24). The molecular formula is C18H21FN4O3. The van der Waals surface area contributed by atoms with E-state index in [-0.39, 0.29) is 18.0 Å². The fourth-order valence-corrected chi connectivity index (χ4v) is 2.31. The summed E-state index contributed by atoms with van der Waals surface area (Å²) in [5.41, 5.74) is 0.602. The van der Waals surface area contributed by atoms with Crippen molar-refractivity contribution in [2.24, 2.45) is 0 Å². The number of likely N-dealkylation sites (N-methyl/N-ethyl adjacent to an activating group) is 1. The Morgan fingerprint density at radius 2 is 1.88 bits per heavy atom. The van der Waals surface area contributed by atoms with Crippen molar-refractivity contribution in [1.82, 2.24) is 9.80 Å². The average Bonchev–Trinajstić information content (AvgIpc) is 2.60. The summed E-state index contributed by atoms with van der Waals surface area (Å²) in [6.45, 7) is 1.07. The number of nitro groups is 1. The molecule has 2 amide bonds. The Labute approximate surface area is 151 Å². The van der Waals surface area contributed by atoms with Gasteiger partial charge in [-0.2, -0.15) is 0 Å². The maximum Gasteiger partial charge on any atom is 0.322 e. The zero-order valence-corrected chi connectivity index (χ0v) is 14.7. The van der Waals surface area contributed by atoms with Crippen LogP contribution in [0.15, 0.2) is 48.5 Å². The maximum atomic E-state index is 13.9. The number of nitro benzene ring substituents is 1. The van der Waals surface area contributed by atoms with E-state index >= 15 is 0 Å². The van der Waals surface area contributed by atoms with Crippen LogP contribution in [0.2, 0.25) is 0 Å². The van der Waals surface area contributed by atoms with Crippen molar-refractivity contribution in [2.45, 2.75) is 6.54 Å². The summed E-state index contributed by atoms with van der Waals surface area (Å²) in [6.07, 6.45) is 0. The summed E-state index contributed by atoms with van der Waals surface area (Å²) < 4.78 is 13.9. The third-order valence-corrected chi connectivity index (χ3v) is 3.73. The Kier molecular flexibility index (Phi) is 6.62. The van der Waals surface area contributed by atoms with Gasteiger partial charge in [0.1, 0.15) is 5.82 Å². The normalized spacial score (nSPS) is 10.6. The zero-order chi connectivity index (χ0) is 19.1. The van der Waals surface area contributed by atoms with Crippen LogP contribution < -0.4 is 5.32 Å². The number of nitrogens with zero attached hydrogens (tertiary/aromatic N) is 3. The third-order valence-electron chi connectivity index (χ3n) is 3.73. The molecule has 0 heterocycles. The van der Waals surface area contributed by atoms with E-state index in [4.69, 9.17) is 0 Å². The van der Waals surface area contributed by atoms with E-state index < -0.39 is 11.0 Å². The molecule has 2 aromatic carbocycles. The highest BCUT2D eigenvalue weighted by Crippen LogP contribution is 2.18. The molecule has 2 rings (SSSR count). The molecule has 0 unspecified atom stereocenters. The molecule has 1 N–H and O–H groups in total. The molecule has 0 radical (unpaired) electrons. The van der Waals surface area contributed by atoms with Crippen molar-refractivity contribution < 1.29 is 14.1 Å². The SMILES string of the molecule is CN(C)CCN(Cc1ccccc1F)C(=O)Nc1cccc([N+](=O)[O-])c1. The van der Waals surface area contributed by atoms with Gasteiger partial charge in [-0.1, -0.05) is 24.3 Å². The molecule has 0 aliphatic carbocycles. The smallest absolute Gasteiger partial charge is 0.319 e. The van der Waals surface area contributed by atoms with Crippen LogP contribution in [-0.2, 0) is 6.54 Å². The van der Waals surface area contributed by atoms with E-state index in [9.17, 15) is 19.3 Å². The molecule has 0 saturated carbocycles. The highest BCUT2D eigenvalue weighted by molar-refractivity contribution is 5.89. The Bertz CT molecular complexity index is 783. The van der Waals surface area contributed by atoms with E-state index in [0.29, 0.717) is 24.3 Å². The summed E-state index contributed by atoms with van der Waals surface area (Å²) in [6, 6.07) is 11.5. The van der Waals surface area contributed by atoms with Crippen LogP contribution >= 0.6 is 0 Å². The fraction of sp³-hybridized carbons (Fsp3) is 0.278. The van der Waals surface area contributed by atoms with Crippen molar-refractivity contribution in [3.8, 4) is 0 Å². The van der Waals surface area contributed by atoms with Crippen molar-refractivity contribution in [1.29, 1.82) is 0 Å². The van der Waals surface area contributed by atoms with E-state index in [0.717, 1.165) is 0 Å². The first-order chi connectivity index (χ1) is 12.4. The predicted octanol–water partition coefficient (Wildman–Crippen LogP) is 3.33. The number of rotatable bonds is 7. The molecule has 0 saturated heterocycles. The number of hydrogen-bond acceptors (Lipinski definition) is 4. The molecule has 0 fully saturated rings. The van der Waals surface area contributed by atoms with Gasteiger partial charge in [-0.05, 0) is 26.2 Å². The zero-order valence-electron chi connectivity index (χ0n) is 14.7. The molecule has 0 aliphatic rings. The van der Waals surface area contributed by atoms with Gasteiger partial charge in [-0.15, -0.1) is 0 Å². The lowest BCUT2D eigenvalue weighted by Crippen LogP contribution is -2.39. The number of nitrogens with one attached hydrogen (secondary N) is 1.